The van der Waals surface area contributed by atoms with E-state index >= 15 is 0 Å². The fraction of sp³-hybridized carbons (Fsp3) is 0.567. The summed E-state index contributed by atoms with van der Waals surface area (Å²) in [6.07, 6.45) is 10.9. The lowest BCUT2D eigenvalue weighted by Gasteiger charge is -2.29. The normalized spacial score (nSPS) is 19.8. The van der Waals surface area contributed by atoms with Gasteiger partial charge in [0, 0.05) is 18.7 Å². The van der Waals surface area contributed by atoms with Crippen LogP contribution in [0, 0.1) is 5.92 Å². The van der Waals surface area contributed by atoms with Gasteiger partial charge in [0.15, 0.2) is 18.8 Å². The van der Waals surface area contributed by atoms with Crippen molar-refractivity contribution in [3.8, 4) is 17.0 Å². The van der Waals surface area contributed by atoms with Crippen LogP contribution in [0.1, 0.15) is 76.5 Å². The van der Waals surface area contributed by atoms with E-state index in [4.69, 9.17) is 18.6 Å². The largest absolute Gasteiger partial charge is 0.490 e. The molecule has 8 heteroatoms. The average Bonchev–Trinajstić information content (AvgIpc) is 3.60. The summed E-state index contributed by atoms with van der Waals surface area (Å²) in [7, 11) is 1.79. The predicted octanol–water partition coefficient (Wildman–Crippen LogP) is 6.47. The van der Waals surface area contributed by atoms with Crippen LogP contribution in [0.25, 0.3) is 11.3 Å². The number of carbonyl (C=O) groups is 2. The highest BCUT2D eigenvalue weighted by Gasteiger charge is 2.30. The number of oxazole rings is 1. The third-order valence-corrected chi connectivity index (χ3v) is 7.43. The number of rotatable bonds is 10. The molecule has 0 bridgehead atoms. The molecule has 1 aromatic heterocycles. The van der Waals surface area contributed by atoms with Crippen molar-refractivity contribution in [1.82, 2.24) is 9.88 Å². The average molecular weight is 525 g/mol. The molecule has 2 aliphatic rings. The zero-order chi connectivity index (χ0) is 27.1. The van der Waals surface area contributed by atoms with Crippen LogP contribution in [-0.4, -0.2) is 47.2 Å². The highest BCUT2D eigenvalue weighted by Crippen LogP contribution is 2.33. The molecular formula is C30H40N2O6. The van der Waals surface area contributed by atoms with Crippen LogP contribution in [0.4, 0.5) is 4.79 Å². The first-order chi connectivity index (χ1) is 18.4. The van der Waals surface area contributed by atoms with Gasteiger partial charge in [-0.15, -0.1) is 6.58 Å². The van der Waals surface area contributed by atoms with Gasteiger partial charge in [-0.2, -0.15) is 0 Å². The number of carbonyl (C=O) groups excluding carboxylic acids is 2. The van der Waals surface area contributed by atoms with Crippen LogP contribution < -0.4 is 4.74 Å². The minimum absolute atomic E-state index is 0.0101. The quantitative estimate of drug-likeness (QED) is 0.260. The number of hydrogen-bond acceptors (Lipinski definition) is 7. The van der Waals surface area contributed by atoms with Gasteiger partial charge >= 0.3 is 12.1 Å². The number of amides is 1. The van der Waals surface area contributed by atoms with E-state index in [-0.39, 0.29) is 42.8 Å². The summed E-state index contributed by atoms with van der Waals surface area (Å²) in [5.41, 5.74) is 2.45. The van der Waals surface area contributed by atoms with E-state index in [1.807, 2.05) is 38.1 Å². The summed E-state index contributed by atoms with van der Waals surface area (Å²) in [6.45, 7) is 7.66. The Kier molecular flexibility index (Phi) is 9.48. The zero-order valence-corrected chi connectivity index (χ0v) is 22.8. The molecule has 1 heterocycles. The second kappa shape index (κ2) is 13.0. The van der Waals surface area contributed by atoms with Crippen LogP contribution in [0.3, 0.4) is 0 Å². The molecule has 206 valence electrons. The smallest absolute Gasteiger partial charge is 0.410 e. The van der Waals surface area contributed by atoms with Crippen molar-refractivity contribution in [2.75, 3.05) is 7.05 Å². The van der Waals surface area contributed by atoms with Gasteiger partial charge in [0.2, 0.25) is 0 Å². The van der Waals surface area contributed by atoms with Crippen molar-refractivity contribution in [3.63, 3.8) is 0 Å². The maximum Gasteiger partial charge on any atom is 0.410 e. The first-order valence-electron chi connectivity index (χ1n) is 13.8. The molecule has 2 aliphatic carbocycles. The van der Waals surface area contributed by atoms with E-state index in [1.165, 1.54) is 6.39 Å². The summed E-state index contributed by atoms with van der Waals surface area (Å²) >= 11 is 0. The minimum atomic E-state index is -0.349. The van der Waals surface area contributed by atoms with Crippen molar-refractivity contribution in [2.45, 2.75) is 96.5 Å². The third-order valence-electron chi connectivity index (χ3n) is 7.43. The van der Waals surface area contributed by atoms with E-state index in [9.17, 15) is 9.59 Å². The molecule has 0 radical (unpaired) electrons. The molecule has 0 aliphatic heterocycles. The standard InChI is InChI=1S/C30H40N2O6/c1-5-9-21-16-22(14-15-26(21)38-25-13-8-10-23(17-25)29(33)37-20(2)3)28-27(36-19-31-28)18-35-30(34)32(4)24-11-6-7-12-24/h5,14-16,19-20,23-25H,1,6-13,17-18H2,2-4H3/t23-,25-/m0/s1. The van der Waals surface area contributed by atoms with E-state index in [0.29, 0.717) is 24.3 Å². The van der Waals surface area contributed by atoms with Crippen molar-refractivity contribution < 1.29 is 28.2 Å². The van der Waals surface area contributed by atoms with Gasteiger partial charge in [-0.25, -0.2) is 9.78 Å². The van der Waals surface area contributed by atoms with E-state index < -0.39 is 0 Å². The van der Waals surface area contributed by atoms with Gasteiger partial charge in [-0.3, -0.25) is 4.79 Å². The SMILES string of the molecule is C=CCc1cc(-c2ncoc2COC(=O)N(C)C2CCCC2)ccc1O[C@H]1CCC[C@H](C(=O)OC(C)C)C1. The van der Waals surface area contributed by atoms with E-state index in [2.05, 4.69) is 11.6 Å². The highest BCUT2D eigenvalue weighted by atomic mass is 16.6. The Morgan fingerprint density at radius 1 is 1.18 bits per heavy atom. The van der Waals surface area contributed by atoms with Gasteiger partial charge in [0.1, 0.15) is 11.4 Å². The minimum Gasteiger partial charge on any atom is -0.490 e. The lowest BCUT2D eigenvalue weighted by molar-refractivity contribution is -0.154. The van der Waals surface area contributed by atoms with Crippen LogP contribution >= 0.6 is 0 Å². The molecular weight excluding hydrogens is 484 g/mol. The van der Waals surface area contributed by atoms with Gasteiger partial charge < -0.3 is 23.5 Å². The molecule has 0 spiro atoms. The van der Waals surface area contributed by atoms with Crippen molar-refractivity contribution >= 4 is 12.1 Å². The van der Waals surface area contributed by atoms with Crippen molar-refractivity contribution in [3.05, 3.63) is 48.6 Å². The summed E-state index contributed by atoms with van der Waals surface area (Å²) in [6, 6.07) is 6.12. The summed E-state index contributed by atoms with van der Waals surface area (Å²) in [5, 5.41) is 0. The molecule has 0 saturated heterocycles. The number of benzene rings is 1. The Bertz CT molecular complexity index is 1100. The monoisotopic (exact) mass is 524 g/mol. The predicted molar refractivity (Wildman–Crippen MR) is 144 cm³/mol. The molecule has 1 aromatic carbocycles. The molecule has 38 heavy (non-hydrogen) atoms. The molecule has 0 unspecified atom stereocenters. The van der Waals surface area contributed by atoms with Crippen LogP contribution in [-0.2, 0) is 27.3 Å². The second-order valence-corrected chi connectivity index (χ2v) is 10.6. The van der Waals surface area contributed by atoms with Crippen LogP contribution in [0.15, 0.2) is 41.7 Å². The number of esters is 1. The van der Waals surface area contributed by atoms with Gasteiger partial charge in [0.25, 0.3) is 0 Å². The molecule has 2 saturated carbocycles. The Hall–Kier alpha value is -3.29. The Balaban J connectivity index is 1.43. The topological polar surface area (TPSA) is 91.1 Å². The molecule has 8 nitrogen and oxygen atoms in total. The molecule has 1 amide bonds. The molecule has 2 aromatic rings. The molecule has 0 N–H and O–H groups in total. The first kappa shape index (κ1) is 27.7. The Morgan fingerprint density at radius 2 is 1.97 bits per heavy atom. The lowest BCUT2D eigenvalue weighted by Crippen LogP contribution is -2.35. The van der Waals surface area contributed by atoms with Crippen LogP contribution in [0.2, 0.25) is 0 Å². The van der Waals surface area contributed by atoms with Crippen LogP contribution in [0.5, 0.6) is 5.75 Å². The van der Waals surface area contributed by atoms with Crippen molar-refractivity contribution in [2.24, 2.45) is 5.92 Å². The lowest BCUT2D eigenvalue weighted by atomic mass is 9.87. The van der Waals surface area contributed by atoms with Crippen molar-refractivity contribution in [1.29, 1.82) is 0 Å². The number of aromatic nitrogens is 1. The van der Waals surface area contributed by atoms with E-state index in [1.54, 1.807) is 11.9 Å². The number of hydrogen-bond donors (Lipinski definition) is 0. The summed E-state index contributed by atoms with van der Waals surface area (Å²) in [5.74, 6) is 0.997. The number of nitrogens with zero attached hydrogens (tertiary/aromatic N) is 2. The number of ether oxygens (including phenoxy) is 3. The molecule has 4 rings (SSSR count). The van der Waals surface area contributed by atoms with E-state index in [0.717, 1.165) is 61.8 Å². The summed E-state index contributed by atoms with van der Waals surface area (Å²) in [4.78, 5) is 31.1. The number of allylic oxidation sites excluding steroid dienone is 1. The fourth-order valence-corrected chi connectivity index (χ4v) is 5.41. The Labute approximate surface area is 225 Å². The maximum atomic E-state index is 12.5. The van der Waals surface area contributed by atoms with Gasteiger partial charge in [0.05, 0.1) is 18.1 Å². The highest BCUT2D eigenvalue weighted by molar-refractivity contribution is 5.72. The fourth-order valence-electron chi connectivity index (χ4n) is 5.41. The molecule has 2 atom stereocenters. The van der Waals surface area contributed by atoms with Gasteiger partial charge in [-0.1, -0.05) is 18.9 Å². The Morgan fingerprint density at radius 3 is 2.71 bits per heavy atom. The zero-order valence-electron chi connectivity index (χ0n) is 22.8. The maximum absolute atomic E-state index is 12.5. The first-order valence-corrected chi connectivity index (χ1v) is 13.8. The molecule has 2 fully saturated rings. The second-order valence-electron chi connectivity index (χ2n) is 10.6. The summed E-state index contributed by atoms with van der Waals surface area (Å²) < 4.78 is 23.0. The van der Waals surface area contributed by atoms with Gasteiger partial charge in [-0.05, 0) is 82.6 Å². The third kappa shape index (κ3) is 6.97.